The van der Waals surface area contributed by atoms with Gasteiger partial charge in [0.05, 0.1) is 26.0 Å². The van der Waals surface area contributed by atoms with Crippen LogP contribution < -0.4 is 18.4 Å². The van der Waals surface area contributed by atoms with Crippen LogP contribution in [0.3, 0.4) is 0 Å². The van der Waals surface area contributed by atoms with E-state index in [9.17, 15) is 17.9 Å². The molecule has 198 valence electrons. The zero-order chi connectivity index (χ0) is 27.4. The molecule has 38 heavy (non-hydrogen) atoms. The van der Waals surface area contributed by atoms with Crippen molar-refractivity contribution in [3.05, 3.63) is 89.7 Å². The summed E-state index contributed by atoms with van der Waals surface area (Å²) in [5.74, 6) is -0.0828. The lowest BCUT2D eigenvalue weighted by Crippen LogP contribution is -2.08. The number of phenols is 1. The van der Waals surface area contributed by atoms with Gasteiger partial charge in [-0.15, -0.1) is 0 Å². The highest BCUT2D eigenvalue weighted by atomic mass is 32.2. The minimum atomic E-state index is -3.90. The average molecular weight is 539 g/mol. The maximum Gasteiger partial charge on any atom is 0.306 e. The Kier molecular flexibility index (Phi) is 7.78. The highest BCUT2D eigenvalue weighted by Gasteiger charge is 2.23. The van der Waals surface area contributed by atoms with Crippen molar-refractivity contribution >= 4 is 10.1 Å². The normalized spacial score (nSPS) is 11.2. The number of phenolic OH excluding ortho intramolecular Hbond substituents is 1. The first-order valence-electron chi connectivity index (χ1n) is 11.6. The Labute approximate surface area is 221 Å². The van der Waals surface area contributed by atoms with Gasteiger partial charge < -0.3 is 23.5 Å². The summed E-state index contributed by atoms with van der Waals surface area (Å²) in [5.41, 5.74) is 3.73. The van der Waals surface area contributed by atoms with Gasteiger partial charge in [-0.2, -0.15) is 8.42 Å². The third-order valence-corrected chi connectivity index (χ3v) is 6.27. The van der Waals surface area contributed by atoms with Gasteiger partial charge in [-0.05, 0) is 53.9 Å². The lowest BCUT2D eigenvalue weighted by molar-refractivity contribution is 0.296. The van der Waals surface area contributed by atoms with Crippen LogP contribution in [0.2, 0.25) is 0 Å². The highest BCUT2D eigenvalue weighted by Crippen LogP contribution is 2.50. The summed E-state index contributed by atoms with van der Waals surface area (Å²) in [6.07, 6.45) is 0.933. The SMILES string of the molecule is COc1cc(-c2ccc(F)cc2)c(OC)c(O)c1-c1ccc(OCc2ccc(C)cc2)c(OS(C)(=O)=O)c1. The Morgan fingerprint density at radius 3 is 2.08 bits per heavy atom. The standard InChI is InChI=1S/C29H27FO7S/c1-18-5-7-19(8-6-18)17-36-24-14-11-21(15-25(24)37-38(4,32)33)27-26(34-2)16-23(29(35-3)28(27)31)20-9-12-22(30)13-10-20/h5-16,31H,17H2,1-4H3. The molecule has 0 aliphatic heterocycles. The smallest absolute Gasteiger partial charge is 0.306 e. The molecular formula is C29H27FO7S. The Morgan fingerprint density at radius 2 is 1.47 bits per heavy atom. The minimum absolute atomic E-state index is 0.0554. The van der Waals surface area contributed by atoms with E-state index in [1.54, 1.807) is 30.3 Å². The summed E-state index contributed by atoms with van der Waals surface area (Å²) in [6, 6.07) is 19.8. The van der Waals surface area contributed by atoms with E-state index in [-0.39, 0.29) is 40.9 Å². The van der Waals surface area contributed by atoms with Crippen molar-refractivity contribution in [2.45, 2.75) is 13.5 Å². The van der Waals surface area contributed by atoms with E-state index in [1.807, 2.05) is 31.2 Å². The monoisotopic (exact) mass is 538 g/mol. The van der Waals surface area contributed by atoms with Crippen molar-refractivity contribution < 1.29 is 36.3 Å². The molecule has 0 bridgehead atoms. The molecule has 0 aliphatic rings. The van der Waals surface area contributed by atoms with E-state index in [0.29, 0.717) is 16.7 Å². The Balaban J connectivity index is 1.80. The second kappa shape index (κ2) is 11.0. The molecule has 0 heterocycles. The van der Waals surface area contributed by atoms with Crippen LogP contribution in [0.4, 0.5) is 4.39 Å². The van der Waals surface area contributed by atoms with Crippen LogP contribution in [-0.4, -0.2) is 34.0 Å². The Morgan fingerprint density at radius 1 is 0.816 bits per heavy atom. The second-order valence-electron chi connectivity index (χ2n) is 8.61. The minimum Gasteiger partial charge on any atom is -0.504 e. The summed E-state index contributed by atoms with van der Waals surface area (Å²) in [7, 11) is -1.06. The van der Waals surface area contributed by atoms with E-state index in [2.05, 4.69) is 0 Å². The fourth-order valence-electron chi connectivity index (χ4n) is 3.97. The Bertz CT molecular complexity index is 1550. The first kappa shape index (κ1) is 26.8. The van der Waals surface area contributed by atoms with Crippen molar-refractivity contribution in [3.63, 3.8) is 0 Å². The summed E-state index contributed by atoms with van der Waals surface area (Å²) in [5, 5.41) is 11.2. The van der Waals surface area contributed by atoms with Gasteiger partial charge in [0.1, 0.15) is 18.2 Å². The predicted octanol–water partition coefficient (Wildman–Crippen LogP) is 6.11. The van der Waals surface area contributed by atoms with Crippen molar-refractivity contribution in [1.82, 2.24) is 0 Å². The van der Waals surface area contributed by atoms with Gasteiger partial charge in [-0.25, -0.2) is 4.39 Å². The molecule has 0 unspecified atom stereocenters. The summed E-state index contributed by atoms with van der Waals surface area (Å²) in [4.78, 5) is 0. The van der Waals surface area contributed by atoms with Crippen molar-refractivity contribution in [2.24, 2.45) is 0 Å². The van der Waals surface area contributed by atoms with Crippen LogP contribution >= 0.6 is 0 Å². The zero-order valence-electron chi connectivity index (χ0n) is 21.3. The topological polar surface area (TPSA) is 91.3 Å². The maximum atomic E-state index is 13.5. The fourth-order valence-corrected chi connectivity index (χ4v) is 4.43. The lowest BCUT2D eigenvalue weighted by atomic mass is 9.96. The summed E-state index contributed by atoms with van der Waals surface area (Å²) < 4.78 is 59.7. The van der Waals surface area contributed by atoms with Crippen molar-refractivity contribution in [2.75, 3.05) is 20.5 Å². The van der Waals surface area contributed by atoms with Gasteiger partial charge in [0.15, 0.2) is 23.0 Å². The molecule has 1 N–H and O–H groups in total. The number of aryl methyl sites for hydroxylation is 1. The van der Waals surface area contributed by atoms with Gasteiger partial charge >= 0.3 is 10.1 Å². The van der Waals surface area contributed by atoms with Gasteiger partial charge in [0, 0.05) is 5.56 Å². The number of benzene rings is 4. The number of ether oxygens (including phenoxy) is 3. The van der Waals surface area contributed by atoms with Crippen LogP contribution in [0.5, 0.6) is 28.7 Å². The van der Waals surface area contributed by atoms with Crippen LogP contribution in [0.15, 0.2) is 72.8 Å². The molecule has 0 fully saturated rings. The third-order valence-electron chi connectivity index (χ3n) is 5.79. The van der Waals surface area contributed by atoms with E-state index in [0.717, 1.165) is 17.4 Å². The molecule has 0 atom stereocenters. The number of methoxy groups -OCH3 is 2. The lowest BCUT2D eigenvalue weighted by Gasteiger charge is -2.19. The molecular weight excluding hydrogens is 511 g/mol. The summed E-state index contributed by atoms with van der Waals surface area (Å²) in [6.45, 7) is 2.17. The largest absolute Gasteiger partial charge is 0.504 e. The van der Waals surface area contributed by atoms with Crippen LogP contribution in [0, 0.1) is 12.7 Å². The van der Waals surface area contributed by atoms with Gasteiger partial charge in [0.25, 0.3) is 0 Å². The van der Waals surface area contributed by atoms with Crippen LogP contribution in [0.25, 0.3) is 22.3 Å². The first-order valence-corrected chi connectivity index (χ1v) is 13.4. The molecule has 0 saturated heterocycles. The molecule has 0 spiro atoms. The van der Waals surface area contributed by atoms with Crippen molar-refractivity contribution in [1.29, 1.82) is 0 Å². The van der Waals surface area contributed by atoms with E-state index < -0.39 is 15.9 Å². The van der Waals surface area contributed by atoms with E-state index >= 15 is 0 Å². The third kappa shape index (κ3) is 6.00. The average Bonchev–Trinajstić information content (AvgIpc) is 2.88. The zero-order valence-corrected chi connectivity index (χ0v) is 22.1. The van der Waals surface area contributed by atoms with Gasteiger partial charge in [-0.1, -0.05) is 48.0 Å². The first-order chi connectivity index (χ1) is 18.1. The van der Waals surface area contributed by atoms with Gasteiger partial charge in [0.2, 0.25) is 0 Å². The molecule has 0 amide bonds. The quantitative estimate of drug-likeness (QED) is 0.257. The number of halogens is 1. The number of hydrogen-bond acceptors (Lipinski definition) is 7. The molecule has 0 saturated carbocycles. The summed E-state index contributed by atoms with van der Waals surface area (Å²) >= 11 is 0. The molecule has 0 radical (unpaired) electrons. The Hall–Kier alpha value is -4.24. The molecule has 0 aliphatic carbocycles. The second-order valence-corrected chi connectivity index (χ2v) is 10.2. The molecule has 4 rings (SSSR count). The van der Waals surface area contributed by atoms with Gasteiger partial charge in [-0.3, -0.25) is 0 Å². The number of hydrogen-bond donors (Lipinski definition) is 1. The van der Waals surface area contributed by atoms with Crippen LogP contribution in [0.1, 0.15) is 11.1 Å². The predicted molar refractivity (Wildman–Crippen MR) is 143 cm³/mol. The molecule has 4 aromatic rings. The fraction of sp³-hybridized carbons (Fsp3) is 0.172. The molecule has 0 aromatic heterocycles. The molecule has 4 aromatic carbocycles. The number of rotatable bonds is 9. The van der Waals surface area contributed by atoms with E-state index in [4.69, 9.17) is 18.4 Å². The van der Waals surface area contributed by atoms with Crippen LogP contribution in [-0.2, 0) is 16.7 Å². The van der Waals surface area contributed by atoms with Crippen molar-refractivity contribution in [3.8, 4) is 51.0 Å². The maximum absolute atomic E-state index is 13.5. The number of aromatic hydroxyl groups is 1. The highest BCUT2D eigenvalue weighted by molar-refractivity contribution is 7.86. The molecule has 9 heteroatoms. The molecule has 7 nitrogen and oxygen atoms in total. The van der Waals surface area contributed by atoms with E-state index in [1.165, 1.54) is 32.4 Å².